The van der Waals surface area contributed by atoms with E-state index in [0.717, 1.165) is 33.0 Å². The fraction of sp³-hybridized carbons (Fsp3) is 0.353. The smallest absolute Gasteiger partial charge is 0.306 e. The highest BCUT2D eigenvalue weighted by Crippen LogP contribution is 2.41. The number of aromatic nitrogens is 1. The molecule has 0 aliphatic carbocycles. The highest BCUT2D eigenvalue weighted by Gasteiger charge is 2.44. The van der Waals surface area contributed by atoms with E-state index in [-0.39, 0.29) is 35.8 Å². The van der Waals surface area contributed by atoms with E-state index in [1.807, 2.05) is 38.1 Å². The Bertz CT molecular complexity index is 1740. The number of esters is 1. The molecule has 2 atom stereocenters. The van der Waals surface area contributed by atoms with E-state index in [0.29, 0.717) is 17.8 Å². The number of anilines is 3. The van der Waals surface area contributed by atoms with Crippen LogP contribution in [0.25, 0.3) is 11.1 Å². The van der Waals surface area contributed by atoms with Crippen LogP contribution in [0.3, 0.4) is 0 Å². The number of primary amides is 1. The Morgan fingerprint density at radius 2 is 1.80 bits per heavy atom. The Morgan fingerprint density at radius 1 is 1.07 bits per heavy atom. The van der Waals surface area contributed by atoms with Gasteiger partial charge in [0.2, 0.25) is 11.8 Å². The van der Waals surface area contributed by atoms with E-state index in [2.05, 4.69) is 10.3 Å². The fourth-order valence-corrected chi connectivity index (χ4v) is 5.91. The summed E-state index contributed by atoms with van der Waals surface area (Å²) in [6.45, 7) is 8.95. The van der Waals surface area contributed by atoms with Crippen molar-refractivity contribution in [1.82, 2.24) is 9.88 Å². The third kappa shape index (κ3) is 6.15. The summed E-state index contributed by atoms with van der Waals surface area (Å²) >= 11 is 0. The maximum absolute atomic E-state index is 13.9. The number of rotatable bonds is 8. The lowest BCUT2D eigenvalue weighted by atomic mass is 9.89. The third-order valence-electron chi connectivity index (χ3n) is 7.96. The van der Waals surface area contributed by atoms with Gasteiger partial charge in [-0.3, -0.25) is 33.9 Å². The molecular weight excluding hydrogens is 574 g/mol. The van der Waals surface area contributed by atoms with Crippen molar-refractivity contribution in [3.05, 3.63) is 71.0 Å². The molecule has 1 aromatic heterocycles. The van der Waals surface area contributed by atoms with Crippen LogP contribution < -0.4 is 16.0 Å². The number of amides is 4. The second-order valence-corrected chi connectivity index (χ2v) is 12.6. The molecule has 0 spiro atoms. The van der Waals surface area contributed by atoms with E-state index in [1.165, 1.54) is 6.07 Å². The minimum atomic E-state index is -1.35. The Balaban J connectivity index is 1.53. The number of benzene rings is 2. The van der Waals surface area contributed by atoms with Crippen LogP contribution in [-0.4, -0.2) is 58.2 Å². The second kappa shape index (κ2) is 11.8. The zero-order valence-electron chi connectivity index (χ0n) is 26.3. The van der Waals surface area contributed by atoms with Crippen LogP contribution in [-0.2, 0) is 25.5 Å². The van der Waals surface area contributed by atoms with Gasteiger partial charge in [-0.2, -0.15) is 0 Å². The van der Waals surface area contributed by atoms with Crippen molar-refractivity contribution >= 4 is 46.7 Å². The van der Waals surface area contributed by atoms with Gasteiger partial charge in [0.05, 0.1) is 16.8 Å². The largest absolute Gasteiger partial charge is 0.460 e. The Kier molecular flexibility index (Phi) is 8.22. The van der Waals surface area contributed by atoms with Crippen molar-refractivity contribution in [3.8, 4) is 11.1 Å². The summed E-state index contributed by atoms with van der Waals surface area (Å²) in [5, 5.41) is 3.35. The second-order valence-electron chi connectivity index (χ2n) is 12.6. The number of fused-ring (bicyclic) bond motifs is 2. The topological polar surface area (TPSA) is 152 Å². The molecule has 2 aliphatic heterocycles. The van der Waals surface area contributed by atoms with Crippen LogP contribution in [0.2, 0.25) is 0 Å². The number of carbonyl (C=O) groups excluding carboxylic acids is 5. The lowest BCUT2D eigenvalue weighted by molar-refractivity contribution is -0.155. The van der Waals surface area contributed by atoms with Crippen molar-refractivity contribution < 1.29 is 28.7 Å². The quantitative estimate of drug-likeness (QED) is 0.279. The molecule has 11 heteroatoms. The summed E-state index contributed by atoms with van der Waals surface area (Å²) in [5.41, 5.74) is 10.3. The minimum Gasteiger partial charge on any atom is -0.460 e. The summed E-state index contributed by atoms with van der Waals surface area (Å²) in [7, 11) is 1.73. The fourth-order valence-electron chi connectivity index (χ4n) is 5.91. The predicted octanol–water partition coefficient (Wildman–Crippen LogP) is 4.53. The zero-order valence-corrected chi connectivity index (χ0v) is 26.3. The maximum atomic E-state index is 13.9. The van der Waals surface area contributed by atoms with E-state index >= 15 is 0 Å². The van der Waals surface area contributed by atoms with Gasteiger partial charge in [-0.1, -0.05) is 13.0 Å². The van der Waals surface area contributed by atoms with Crippen LogP contribution in [0.4, 0.5) is 17.1 Å². The summed E-state index contributed by atoms with van der Waals surface area (Å²) in [5.74, 6) is -3.03. The highest BCUT2D eigenvalue weighted by molar-refractivity contribution is 6.25. The number of pyridine rings is 1. The number of imide groups is 1. The number of nitrogens with zero attached hydrogens (tertiary/aromatic N) is 3. The average Bonchev–Trinajstić information content (AvgIpc) is 3.21. The molecule has 234 valence electrons. The third-order valence-corrected chi connectivity index (χ3v) is 7.96. The molecule has 4 amide bonds. The number of aryl methyl sites for hydroxylation is 1. The monoisotopic (exact) mass is 611 g/mol. The van der Waals surface area contributed by atoms with E-state index in [4.69, 9.17) is 10.5 Å². The Morgan fingerprint density at radius 3 is 2.47 bits per heavy atom. The van der Waals surface area contributed by atoms with Gasteiger partial charge < -0.3 is 20.7 Å². The van der Waals surface area contributed by atoms with Crippen molar-refractivity contribution in [2.24, 2.45) is 11.7 Å². The molecule has 0 bridgehead atoms. The molecule has 3 heterocycles. The Hall–Kier alpha value is -5.06. The van der Waals surface area contributed by atoms with Gasteiger partial charge in [-0.05, 0) is 88.1 Å². The van der Waals surface area contributed by atoms with Gasteiger partial charge in [0.15, 0.2) is 0 Å². The number of nitrogens with one attached hydrogen (secondary N) is 1. The van der Waals surface area contributed by atoms with Gasteiger partial charge in [0.1, 0.15) is 11.6 Å². The van der Waals surface area contributed by atoms with Crippen LogP contribution in [0.1, 0.15) is 72.5 Å². The van der Waals surface area contributed by atoms with E-state index < -0.39 is 35.3 Å². The summed E-state index contributed by atoms with van der Waals surface area (Å²) < 4.78 is 5.33. The maximum Gasteiger partial charge on any atom is 0.306 e. The van der Waals surface area contributed by atoms with E-state index in [1.54, 1.807) is 51.0 Å². The van der Waals surface area contributed by atoms with Crippen molar-refractivity contribution in [1.29, 1.82) is 0 Å². The standard InChI is InChI=1S/C34H37N5O6/c1-18-14-21-16-23(20-12-13-36-19(2)15-20)25(17-27(21)38(6)31(18)42)37-24-9-7-8-22-29(24)33(44)39(32(22)43)26(30(35)41)10-11-28(40)45-34(3,4)5/h7-9,12-13,15-18,26,37H,10-11,14H2,1-6H3,(H2,35,41)/t18-,26+/m1/s1. The first-order valence-electron chi connectivity index (χ1n) is 14.8. The van der Waals surface area contributed by atoms with Gasteiger partial charge >= 0.3 is 5.97 Å². The molecule has 2 aromatic carbocycles. The SMILES string of the molecule is Cc1cc(-c2cc3c(cc2Nc2cccc4c2C(=O)N([C@@H](CCC(=O)OC(C)(C)C)C(N)=O)C4=O)N(C)C(=O)[C@H](C)C3)ccn1. The predicted molar refractivity (Wildman–Crippen MR) is 169 cm³/mol. The highest BCUT2D eigenvalue weighted by atomic mass is 16.6. The lowest BCUT2D eigenvalue weighted by Crippen LogP contribution is -2.48. The van der Waals surface area contributed by atoms with Gasteiger partial charge in [-0.25, -0.2) is 0 Å². The van der Waals surface area contributed by atoms with Gasteiger partial charge in [-0.15, -0.1) is 0 Å². The summed E-state index contributed by atoms with van der Waals surface area (Å²) in [6.07, 6.45) is 1.91. The van der Waals surface area contributed by atoms with Crippen molar-refractivity contribution in [2.75, 3.05) is 17.3 Å². The average molecular weight is 612 g/mol. The minimum absolute atomic E-state index is 0.00171. The van der Waals surface area contributed by atoms with E-state index in [9.17, 15) is 24.0 Å². The molecule has 3 aromatic rings. The first kappa shape index (κ1) is 31.4. The first-order valence-corrected chi connectivity index (χ1v) is 14.8. The summed E-state index contributed by atoms with van der Waals surface area (Å²) in [4.78, 5) is 72.0. The summed E-state index contributed by atoms with van der Waals surface area (Å²) in [6, 6.07) is 11.2. The number of ether oxygens (including phenoxy) is 1. The molecular formula is C34H37N5O6. The number of nitrogens with two attached hydrogens (primary N) is 1. The van der Waals surface area contributed by atoms with Crippen LogP contribution in [0.15, 0.2) is 48.7 Å². The first-order chi connectivity index (χ1) is 21.2. The number of hydrogen-bond donors (Lipinski definition) is 2. The molecule has 0 unspecified atom stereocenters. The molecule has 5 rings (SSSR count). The number of carbonyl (C=O) groups is 5. The Labute approximate surface area is 261 Å². The lowest BCUT2D eigenvalue weighted by Gasteiger charge is -2.31. The molecule has 0 saturated heterocycles. The number of hydrogen-bond acceptors (Lipinski definition) is 8. The normalized spacial score (nSPS) is 16.8. The van der Waals surface area contributed by atoms with Crippen molar-refractivity contribution in [3.63, 3.8) is 0 Å². The molecule has 0 fully saturated rings. The molecule has 11 nitrogen and oxygen atoms in total. The van der Waals surface area contributed by atoms with Crippen LogP contribution in [0.5, 0.6) is 0 Å². The molecule has 3 N–H and O–H groups in total. The van der Waals surface area contributed by atoms with Gasteiger partial charge in [0.25, 0.3) is 11.8 Å². The molecule has 2 aliphatic rings. The van der Waals surface area contributed by atoms with Crippen LogP contribution in [0, 0.1) is 12.8 Å². The van der Waals surface area contributed by atoms with Crippen LogP contribution >= 0.6 is 0 Å². The van der Waals surface area contributed by atoms with Crippen molar-refractivity contribution in [2.45, 2.75) is 65.5 Å². The molecule has 45 heavy (non-hydrogen) atoms. The molecule has 0 radical (unpaired) electrons. The molecule has 0 saturated carbocycles. The zero-order chi connectivity index (χ0) is 32.8. The van der Waals surface area contributed by atoms with Gasteiger partial charge in [0, 0.05) is 48.2 Å².